The Labute approximate surface area is 265 Å². The topological polar surface area (TPSA) is 88.4 Å². The van der Waals surface area contributed by atoms with Crippen LogP contribution in [0.2, 0.25) is 0 Å². The summed E-state index contributed by atoms with van der Waals surface area (Å²) in [6.07, 6.45) is 1.81. The average Bonchev–Trinajstić information content (AvgIpc) is 3.18. The number of allylic oxidation sites excluding steroid dienone is 1. The molecule has 0 aliphatic carbocycles. The fourth-order valence-electron chi connectivity index (χ4n) is 4.32. The van der Waals surface area contributed by atoms with Gasteiger partial charge in [0.15, 0.2) is 16.3 Å². The molecule has 1 atom stereocenters. The SMILES string of the molecule is CCOC(=O)C1=C(C)N=c2s/c(=C/c3cc(I)cc(I)c3OC)c(=O)n2[C@H]1c1cc(OC)c(OCC)cc1Br. The first-order chi connectivity index (χ1) is 18.6. The molecule has 0 N–H and O–H groups in total. The van der Waals surface area contributed by atoms with Crippen LogP contribution in [0.1, 0.15) is 37.9 Å². The molecule has 0 spiro atoms. The first-order valence-corrected chi connectivity index (χ1v) is 15.6. The zero-order valence-electron chi connectivity index (χ0n) is 21.8. The molecule has 206 valence electrons. The molecule has 39 heavy (non-hydrogen) atoms. The van der Waals surface area contributed by atoms with Crippen molar-refractivity contribution in [1.29, 1.82) is 0 Å². The predicted octanol–water partition coefficient (Wildman–Crippen LogP) is 5.19. The second-order valence-electron chi connectivity index (χ2n) is 8.27. The molecule has 0 saturated heterocycles. The van der Waals surface area contributed by atoms with Crippen LogP contribution in [-0.4, -0.2) is 38.0 Å². The van der Waals surface area contributed by atoms with E-state index >= 15 is 0 Å². The largest absolute Gasteiger partial charge is 0.495 e. The van der Waals surface area contributed by atoms with Crippen molar-refractivity contribution in [2.24, 2.45) is 4.99 Å². The molecular formula is C27H25BrI2N2O6S. The van der Waals surface area contributed by atoms with Crippen molar-refractivity contribution >= 4 is 84.5 Å². The minimum atomic E-state index is -0.806. The molecule has 2 heterocycles. The van der Waals surface area contributed by atoms with Gasteiger partial charge in [-0.3, -0.25) is 9.36 Å². The van der Waals surface area contributed by atoms with Gasteiger partial charge in [-0.2, -0.15) is 0 Å². The van der Waals surface area contributed by atoms with Gasteiger partial charge in [-0.25, -0.2) is 9.79 Å². The molecule has 0 radical (unpaired) electrons. The monoisotopic (exact) mass is 838 g/mol. The zero-order valence-corrected chi connectivity index (χ0v) is 28.5. The maximum Gasteiger partial charge on any atom is 0.338 e. The third kappa shape index (κ3) is 5.93. The Bertz CT molecular complexity index is 1660. The number of esters is 1. The summed E-state index contributed by atoms with van der Waals surface area (Å²) in [4.78, 5) is 32.4. The smallest absolute Gasteiger partial charge is 0.338 e. The Morgan fingerprint density at radius 2 is 1.87 bits per heavy atom. The number of carbonyl (C=O) groups is 1. The Balaban J connectivity index is 2.03. The summed E-state index contributed by atoms with van der Waals surface area (Å²) in [7, 11) is 3.15. The highest BCUT2D eigenvalue weighted by Gasteiger charge is 2.35. The maximum absolute atomic E-state index is 14.0. The van der Waals surface area contributed by atoms with E-state index < -0.39 is 12.0 Å². The number of rotatable bonds is 8. The first kappa shape index (κ1) is 30.1. The summed E-state index contributed by atoms with van der Waals surface area (Å²) in [5, 5.41) is 0. The quantitative estimate of drug-likeness (QED) is 0.230. The number of carbonyl (C=O) groups excluding carboxylic acids is 1. The molecular weight excluding hydrogens is 814 g/mol. The van der Waals surface area contributed by atoms with Crippen molar-refractivity contribution in [1.82, 2.24) is 4.57 Å². The number of nitrogens with zero attached hydrogens (tertiary/aromatic N) is 2. The number of ether oxygens (including phenoxy) is 4. The number of aromatic nitrogens is 1. The van der Waals surface area contributed by atoms with E-state index in [1.54, 1.807) is 50.8 Å². The number of halogens is 3. The molecule has 4 rings (SSSR count). The van der Waals surface area contributed by atoms with Crippen LogP contribution in [0, 0.1) is 7.14 Å². The third-order valence-electron chi connectivity index (χ3n) is 5.92. The Morgan fingerprint density at radius 1 is 1.13 bits per heavy atom. The summed E-state index contributed by atoms with van der Waals surface area (Å²) >= 11 is 9.35. The van der Waals surface area contributed by atoms with E-state index in [-0.39, 0.29) is 17.7 Å². The van der Waals surface area contributed by atoms with Crippen molar-refractivity contribution < 1.29 is 23.7 Å². The van der Waals surface area contributed by atoms with Crippen LogP contribution < -0.4 is 29.1 Å². The lowest BCUT2D eigenvalue weighted by Crippen LogP contribution is -2.40. The highest BCUT2D eigenvalue weighted by Crippen LogP contribution is 2.41. The molecule has 1 aromatic heterocycles. The molecule has 8 nitrogen and oxygen atoms in total. The second-order valence-corrected chi connectivity index (χ2v) is 12.5. The molecule has 12 heteroatoms. The Hall–Kier alpha value is -1.91. The van der Waals surface area contributed by atoms with E-state index in [0.29, 0.717) is 48.9 Å². The van der Waals surface area contributed by atoms with Gasteiger partial charge < -0.3 is 18.9 Å². The van der Waals surface area contributed by atoms with Crippen LogP contribution in [0.3, 0.4) is 0 Å². The molecule has 1 aliphatic rings. The average molecular weight is 839 g/mol. The van der Waals surface area contributed by atoms with Crippen molar-refractivity contribution in [3.63, 3.8) is 0 Å². The van der Waals surface area contributed by atoms with E-state index in [1.807, 2.05) is 19.1 Å². The number of benzene rings is 2. The van der Waals surface area contributed by atoms with Crippen molar-refractivity contribution in [2.75, 3.05) is 27.4 Å². The van der Waals surface area contributed by atoms with Gasteiger partial charge >= 0.3 is 5.97 Å². The van der Waals surface area contributed by atoms with Gasteiger partial charge in [-0.1, -0.05) is 27.3 Å². The van der Waals surface area contributed by atoms with Gasteiger partial charge in [0.05, 0.1) is 52.8 Å². The van der Waals surface area contributed by atoms with Gasteiger partial charge in [0, 0.05) is 13.6 Å². The fraction of sp³-hybridized carbons (Fsp3) is 0.296. The summed E-state index contributed by atoms with van der Waals surface area (Å²) in [5.41, 5.74) is 1.90. The lowest BCUT2D eigenvalue weighted by atomic mass is 9.95. The molecule has 0 amide bonds. The number of methoxy groups -OCH3 is 2. The van der Waals surface area contributed by atoms with Gasteiger partial charge in [0.1, 0.15) is 5.75 Å². The van der Waals surface area contributed by atoms with Gasteiger partial charge in [-0.05, 0) is 102 Å². The fourth-order valence-corrected chi connectivity index (χ4v) is 8.00. The molecule has 3 aromatic rings. The molecule has 1 aliphatic heterocycles. The van der Waals surface area contributed by atoms with Crippen LogP contribution >= 0.6 is 72.4 Å². The standard InChI is InChI=1S/C27H25BrI2N2O6S/c1-6-37-20-12-17(28)16(11-19(20)35-4)23-22(26(34)38-7-2)13(3)31-27-32(23)25(33)21(39-27)9-14-8-15(29)10-18(30)24(14)36-5/h8-12,23H,6-7H2,1-5H3/b21-9+/t23-/m0/s1. The third-order valence-corrected chi connectivity index (χ3v) is 9.02. The summed E-state index contributed by atoms with van der Waals surface area (Å²) in [6.45, 7) is 6.01. The van der Waals surface area contributed by atoms with E-state index in [2.05, 4.69) is 66.1 Å². The van der Waals surface area contributed by atoms with E-state index in [4.69, 9.17) is 18.9 Å². The number of fused-ring (bicyclic) bond motifs is 1. The zero-order chi connectivity index (χ0) is 28.4. The number of hydrogen-bond donors (Lipinski definition) is 0. The highest BCUT2D eigenvalue weighted by atomic mass is 127. The van der Waals surface area contributed by atoms with Crippen molar-refractivity contribution in [3.05, 3.63) is 78.0 Å². The molecule has 0 saturated carbocycles. The maximum atomic E-state index is 14.0. The summed E-state index contributed by atoms with van der Waals surface area (Å²) in [5.74, 6) is 1.17. The van der Waals surface area contributed by atoms with Gasteiger partial charge in [0.25, 0.3) is 5.56 Å². The highest BCUT2D eigenvalue weighted by molar-refractivity contribution is 14.1. The van der Waals surface area contributed by atoms with E-state index in [0.717, 1.165) is 12.7 Å². The number of thiazole rings is 1. The minimum absolute atomic E-state index is 0.186. The van der Waals surface area contributed by atoms with Crippen molar-refractivity contribution in [2.45, 2.75) is 26.8 Å². The van der Waals surface area contributed by atoms with Crippen LogP contribution in [-0.2, 0) is 9.53 Å². The van der Waals surface area contributed by atoms with Crippen LogP contribution in [0.5, 0.6) is 17.2 Å². The number of hydrogen-bond acceptors (Lipinski definition) is 8. The molecule has 0 unspecified atom stereocenters. The Kier molecular flexibility index (Phi) is 9.81. The molecule has 2 aromatic carbocycles. The van der Waals surface area contributed by atoms with Gasteiger partial charge in [0.2, 0.25) is 0 Å². The van der Waals surface area contributed by atoms with E-state index in [9.17, 15) is 9.59 Å². The van der Waals surface area contributed by atoms with Crippen molar-refractivity contribution in [3.8, 4) is 17.2 Å². The predicted molar refractivity (Wildman–Crippen MR) is 171 cm³/mol. The first-order valence-electron chi connectivity index (χ1n) is 11.9. The molecule has 0 fully saturated rings. The summed E-state index contributed by atoms with van der Waals surface area (Å²) in [6, 6.07) is 6.72. The van der Waals surface area contributed by atoms with E-state index in [1.165, 1.54) is 11.3 Å². The van der Waals surface area contributed by atoms with Gasteiger partial charge in [-0.15, -0.1) is 0 Å². The van der Waals surface area contributed by atoms with Crippen LogP contribution in [0.15, 0.2) is 49.8 Å². The lowest BCUT2D eigenvalue weighted by Gasteiger charge is -2.26. The summed E-state index contributed by atoms with van der Waals surface area (Å²) < 4.78 is 27.0. The lowest BCUT2D eigenvalue weighted by molar-refractivity contribution is -0.139. The Morgan fingerprint density at radius 3 is 2.51 bits per heavy atom. The minimum Gasteiger partial charge on any atom is -0.495 e. The second kappa shape index (κ2) is 12.7. The normalized spacial score (nSPS) is 15.1. The van der Waals surface area contributed by atoms with Crippen LogP contribution in [0.25, 0.3) is 6.08 Å². The van der Waals surface area contributed by atoms with Crippen LogP contribution in [0.4, 0.5) is 0 Å². The molecule has 0 bridgehead atoms.